The number of nitrogens with zero attached hydrogens (tertiary/aromatic N) is 1. The van der Waals surface area contributed by atoms with Crippen molar-refractivity contribution in [3.8, 4) is 0 Å². The lowest BCUT2D eigenvalue weighted by Crippen LogP contribution is -2.46. The molecule has 0 bridgehead atoms. The number of aryl methyl sites for hydroxylation is 1. The molecule has 25 heavy (non-hydrogen) atoms. The Kier molecular flexibility index (Phi) is 4.55. The second-order valence-corrected chi connectivity index (χ2v) is 7.61. The predicted molar refractivity (Wildman–Crippen MR) is 100 cm³/mol. The minimum Gasteiger partial charge on any atom is -0.349 e. The Balaban J connectivity index is 1.82. The lowest BCUT2D eigenvalue weighted by atomic mass is 9.78. The van der Waals surface area contributed by atoms with Gasteiger partial charge in [-0.2, -0.15) is 0 Å². The van der Waals surface area contributed by atoms with E-state index in [1.807, 2.05) is 32.0 Å². The molecule has 0 saturated heterocycles. The average molecular weight is 338 g/mol. The van der Waals surface area contributed by atoms with Crippen molar-refractivity contribution in [1.29, 1.82) is 0 Å². The molecule has 2 aromatic rings. The summed E-state index contributed by atoms with van der Waals surface area (Å²) in [4.78, 5) is 25.0. The highest BCUT2D eigenvalue weighted by Crippen LogP contribution is 2.35. The maximum Gasteiger partial charge on any atom is 0.256 e. The number of amides is 1. The quantitative estimate of drug-likeness (QED) is 0.906. The van der Waals surface area contributed by atoms with Crippen LogP contribution in [-0.4, -0.2) is 16.5 Å². The van der Waals surface area contributed by atoms with Crippen LogP contribution in [-0.2, 0) is 5.41 Å². The Morgan fingerprint density at radius 3 is 2.48 bits per heavy atom. The molecule has 1 aromatic heterocycles. The summed E-state index contributed by atoms with van der Waals surface area (Å²) in [5, 5.41) is 3.03. The van der Waals surface area contributed by atoms with Crippen LogP contribution in [0.4, 0.5) is 0 Å². The largest absolute Gasteiger partial charge is 0.349 e. The molecule has 4 heteroatoms. The summed E-state index contributed by atoms with van der Waals surface area (Å²) < 4.78 is 2.06. The molecule has 132 valence electrons. The van der Waals surface area contributed by atoms with Gasteiger partial charge in [0.1, 0.15) is 5.56 Å². The number of carbonyl (C=O) groups excluding carboxylic acids is 1. The van der Waals surface area contributed by atoms with E-state index in [1.165, 1.54) is 0 Å². The van der Waals surface area contributed by atoms with E-state index < -0.39 is 0 Å². The molecule has 0 unspecified atom stereocenters. The maximum atomic E-state index is 12.7. The van der Waals surface area contributed by atoms with Gasteiger partial charge in [0.05, 0.1) is 0 Å². The Labute approximate surface area is 148 Å². The van der Waals surface area contributed by atoms with Gasteiger partial charge in [0, 0.05) is 35.5 Å². The van der Waals surface area contributed by atoms with Crippen LogP contribution in [0, 0.1) is 6.92 Å². The van der Waals surface area contributed by atoms with Crippen molar-refractivity contribution in [3.05, 3.63) is 69.6 Å². The van der Waals surface area contributed by atoms with E-state index in [4.69, 9.17) is 0 Å². The number of benzene rings is 1. The van der Waals surface area contributed by atoms with Gasteiger partial charge in [-0.25, -0.2) is 0 Å². The zero-order chi connectivity index (χ0) is 18.2. The summed E-state index contributed by atoms with van der Waals surface area (Å²) in [5.74, 6) is -0.295. The van der Waals surface area contributed by atoms with Gasteiger partial charge in [0.15, 0.2) is 5.43 Å². The lowest BCUT2D eigenvalue weighted by molar-refractivity contribution is 0.0922. The first-order valence-corrected chi connectivity index (χ1v) is 8.90. The summed E-state index contributed by atoms with van der Waals surface area (Å²) in [6, 6.07) is 12.0. The molecule has 3 rings (SSSR count). The summed E-state index contributed by atoms with van der Waals surface area (Å²) >= 11 is 0. The average Bonchev–Trinajstić information content (AvgIpc) is 3.40. The van der Waals surface area contributed by atoms with Gasteiger partial charge in [0.25, 0.3) is 5.91 Å². The highest BCUT2D eigenvalue weighted by Gasteiger charge is 2.30. The summed E-state index contributed by atoms with van der Waals surface area (Å²) in [6.45, 7) is 8.11. The topological polar surface area (TPSA) is 51.1 Å². The van der Waals surface area contributed by atoms with E-state index in [9.17, 15) is 9.59 Å². The third kappa shape index (κ3) is 3.53. The monoisotopic (exact) mass is 338 g/mol. The zero-order valence-corrected chi connectivity index (χ0v) is 15.4. The van der Waals surface area contributed by atoms with Crippen LogP contribution in [0.5, 0.6) is 0 Å². The molecule has 4 nitrogen and oxygen atoms in total. The van der Waals surface area contributed by atoms with Crippen LogP contribution in [0.2, 0.25) is 0 Å². The lowest BCUT2D eigenvalue weighted by Gasteiger charge is -2.33. The third-order valence-corrected chi connectivity index (χ3v) is 5.41. The van der Waals surface area contributed by atoms with Gasteiger partial charge in [-0.15, -0.1) is 0 Å². The van der Waals surface area contributed by atoms with E-state index in [-0.39, 0.29) is 28.4 Å². The molecule has 0 spiro atoms. The maximum absolute atomic E-state index is 12.7. The number of hydrogen-bond donors (Lipinski definition) is 1. The van der Waals surface area contributed by atoms with Crippen LogP contribution >= 0.6 is 0 Å². The van der Waals surface area contributed by atoms with Crippen molar-refractivity contribution in [2.45, 2.75) is 58.0 Å². The second kappa shape index (κ2) is 6.51. The highest BCUT2D eigenvalue weighted by atomic mass is 16.2. The molecule has 1 N–H and O–H groups in total. The fourth-order valence-electron chi connectivity index (χ4n) is 3.14. The summed E-state index contributed by atoms with van der Waals surface area (Å²) in [6.07, 6.45) is 3.96. The number of aromatic nitrogens is 1. The van der Waals surface area contributed by atoms with Crippen LogP contribution < -0.4 is 10.7 Å². The highest BCUT2D eigenvalue weighted by molar-refractivity contribution is 5.94. The normalized spacial score (nSPS) is 15.7. The number of nitrogens with one attached hydrogen (secondary N) is 1. The molecule has 1 fully saturated rings. The molecule has 1 heterocycles. The van der Waals surface area contributed by atoms with Gasteiger partial charge in [-0.05, 0) is 32.3 Å². The van der Waals surface area contributed by atoms with Crippen molar-refractivity contribution in [2.75, 3.05) is 0 Å². The Hall–Kier alpha value is -2.36. The third-order valence-electron chi connectivity index (χ3n) is 5.41. The fourth-order valence-corrected chi connectivity index (χ4v) is 3.14. The molecular formula is C21H26N2O2. The van der Waals surface area contributed by atoms with Crippen LogP contribution in [0.1, 0.15) is 61.3 Å². The first kappa shape index (κ1) is 17.5. The standard InChI is InChI=1S/C21H26N2O2/c1-14-12-19(24)18(13-23(14)17-10-11-17)20(25)22-15(2)21(3,4)16-8-6-5-7-9-16/h5-9,12-13,15,17H,10-11H2,1-4H3,(H,22,25)/t15-/m1/s1. The van der Waals surface area contributed by atoms with Crippen LogP contribution in [0.25, 0.3) is 0 Å². The van der Waals surface area contributed by atoms with Gasteiger partial charge >= 0.3 is 0 Å². The Morgan fingerprint density at radius 1 is 1.24 bits per heavy atom. The fraction of sp³-hybridized carbons (Fsp3) is 0.429. The van der Waals surface area contributed by atoms with Gasteiger partial charge in [0.2, 0.25) is 0 Å². The summed E-state index contributed by atoms with van der Waals surface area (Å²) in [5.41, 5.74) is 1.85. The van der Waals surface area contributed by atoms with Crippen LogP contribution in [0.15, 0.2) is 47.4 Å². The smallest absolute Gasteiger partial charge is 0.256 e. The Bertz CT molecular complexity index is 833. The van der Waals surface area contributed by atoms with E-state index in [2.05, 4.69) is 35.9 Å². The van der Waals surface area contributed by atoms with Crippen molar-refractivity contribution in [1.82, 2.24) is 9.88 Å². The van der Waals surface area contributed by atoms with Gasteiger partial charge in [-0.3, -0.25) is 9.59 Å². The van der Waals surface area contributed by atoms with Crippen molar-refractivity contribution in [2.24, 2.45) is 0 Å². The molecule has 0 radical (unpaired) electrons. The molecule has 1 aliphatic carbocycles. The zero-order valence-electron chi connectivity index (χ0n) is 15.4. The van der Waals surface area contributed by atoms with E-state index in [1.54, 1.807) is 12.3 Å². The second-order valence-electron chi connectivity index (χ2n) is 7.61. The SMILES string of the molecule is Cc1cc(=O)c(C(=O)N[C@H](C)C(C)(C)c2ccccc2)cn1C1CC1. The number of pyridine rings is 1. The van der Waals surface area contributed by atoms with Crippen molar-refractivity contribution >= 4 is 5.91 Å². The number of carbonyl (C=O) groups is 1. The van der Waals surface area contributed by atoms with Crippen LogP contribution in [0.3, 0.4) is 0 Å². The predicted octanol–water partition coefficient (Wildman–Crippen LogP) is 3.59. The van der Waals surface area contributed by atoms with Crippen molar-refractivity contribution < 1.29 is 4.79 Å². The van der Waals surface area contributed by atoms with Gasteiger partial charge in [-0.1, -0.05) is 44.2 Å². The first-order valence-electron chi connectivity index (χ1n) is 8.90. The van der Waals surface area contributed by atoms with E-state index >= 15 is 0 Å². The minimum absolute atomic E-state index is 0.113. The molecule has 1 aromatic carbocycles. The molecule has 1 amide bonds. The van der Waals surface area contributed by atoms with E-state index in [0.29, 0.717) is 6.04 Å². The van der Waals surface area contributed by atoms with Crippen molar-refractivity contribution in [3.63, 3.8) is 0 Å². The Morgan fingerprint density at radius 2 is 1.88 bits per heavy atom. The summed E-state index contributed by atoms with van der Waals surface area (Å²) in [7, 11) is 0. The molecular weight excluding hydrogens is 312 g/mol. The molecule has 1 atom stereocenters. The molecule has 1 saturated carbocycles. The molecule has 0 aliphatic heterocycles. The first-order chi connectivity index (χ1) is 11.8. The minimum atomic E-state index is -0.295. The van der Waals surface area contributed by atoms with Gasteiger partial charge < -0.3 is 9.88 Å². The van der Waals surface area contributed by atoms with E-state index in [0.717, 1.165) is 24.1 Å². The number of hydrogen-bond acceptors (Lipinski definition) is 2. The molecule has 1 aliphatic rings. The number of rotatable bonds is 5.